The molecule has 0 amide bonds. The molecule has 0 aliphatic rings. The fraction of sp³-hybridized carbons (Fsp3) is 0.583. The number of rotatable bonds is 5. The molecule has 0 saturated carbocycles. The Kier molecular flexibility index (Phi) is 4.05. The quantitative estimate of drug-likeness (QED) is 0.783. The van der Waals surface area contributed by atoms with Crippen LogP contribution in [0, 0.1) is 12.3 Å². The molecule has 15 heavy (non-hydrogen) atoms. The minimum atomic E-state index is -0.350. The summed E-state index contributed by atoms with van der Waals surface area (Å²) in [6, 6.07) is 3.91. The smallest absolute Gasteiger partial charge is 0.180 e. The fourth-order valence-electron chi connectivity index (χ4n) is 1.77. The van der Waals surface area contributed by atoms with Gasteiger partial charge in [0.15, 0.2) is 5.78 Å². The highest BCUT2D eigenvalue weighted by Crippen LogP contribution is 2.32. The van der Waals surface area contributed by atoms with E-state index in [4.69, 9.17) is 5.73 Å². The summed E-state index contributed by atoms with van der Waals surface area (Å²) < 4.78 is 0. The third-order valence-electron chi connectivity index (χ3n) is 3.19. The summed E-state index contributed by atoms with van der Waals surface area (Å²) in [5, 5.41) is 0. The Morgan fingerprint density at radius 3 is 2.33 bits per heavy atom. The van der Waals surface area contributed by atoms with Gasteiger partial charge in [0, 0.05) is 16.8 Å². The van der Waals surface area contributed by atoms with Crippen LogP contribution in [0.5, 0.6) is 0 Å². The lowest BCUT2D eigenvalue weighted by atomic mass is 9.78. The number of ketones is 1. The van der Waals surface area contributed by atoms with Crippen LogP contribution in [-0.2, 0) is 0 Å². The van der Waals surface area contributed by atoms with Crippen LogP contribution in [0.3, 0.4) is 0 Å². The summed E-state index contributed by atoms with van der Waals surface area (Å²) in [6.07, 6.45) is 1.63. The van der Waals surface area contributed by atoms with E-state index in [0.29, 0.717) is 6.54 Å². The zero-order chi connectivity index (χ0) is 11.5. The molecule has 2 N–H and O–H groups in total. The Bertz CT molecular complexity index is 331. The molecule has 1 aromatic rings. The molecule has 0 atom stereocenters. The number of hydrogen-bond acceptors (Lipinski definition) is 3. The van der Waals surface area contributed by atoms with Crippen molar-refractivity contribution in [2.45, 2.75) is 33.6 Å². The van der Waals surface area contributed by atoms with E-state index in [1.54, 1.807) is 11.3 Å². The van der Waals surface area contributed by atoms with E-state index in [9.17, 15) is 4.79 Å². The summed E-state index contributed by atoms with van der Waals surface area (Å²) in [7, 11) is 0. The Hall–Kier alpha value is -0.670. The first-order valence-corrected chi connectivity index (χ1v) is 6.22. The SMILES string of the molecule is CCC(CC)(CN)C(=O)c1ccc(C)s1. The Labute approximate surface area is 95.5 Å². The first-order valence-electron chi connectivity index (χ1n) is 5.41. The van der Waals surface area contributed by atoms with Crippen molar-refractivity contribution < 1.29 is 4.79 Å². The molecule has 0 fully saturated rings. The van der Waals surface area contributed by atoms with Gasteiger partial charge >= 0.3 is 0 Å². The molecule has 0 bridgehead atoms. The average Bonchev–Trinajstić information content (AvgIpc) is 2.68. The number of thiophene rings is 1. The summed E-state index contributed by atoms with van der Waals surface area (Å²) in [4.78, 5) is 14.3. The monoisotopic (exact) mass is 225 g/mol. The molecule has 0 aliphatic heterocycles. The number of nitrogens with two attached hydrogens (primary N) is 1. The molecule has 0 unspecified atom stereocenters. The maximum Gasteiger partial charge on any atom is 0.180 e. The molecule has 0 spiro atoms. The van der Waals surface area contributed by atoms with Crippen molar-refractivity contribution in [2.24, 2.45) is 11.1 Å². The van der Waals surface area contributed by atoms with Crippen LogP contribution in [-0.4, -0.2) is 12.3 Å². The van der Waals surface area contributed by atoms with Crippen LogP contribution < -0.4 is 5.73 Å². The summed E-state index contributed by atoms with van der Waals surface area (Å²) in [5.41, 5.74) is 5.41. The van der Waals surface area contributed by atoms with E-state index in [-0.39, 0.29) is 11.2 Å². The van der Waals surface area contributed by atoms with Crippen molar-refractivity contribution in [1.29, 1.82) is 0 Å². The number of hydrogen-bond donors (Lipinski definition) is 1. The van der Waals surface area contributed by atoms with Crippen LogP contribution in [0.25, 0.3) is 0 Å². The van der Waals surface area contributed by atoms with Crippen molar-refractivity contribution >= 4 is 17.1 Å². The molecular weight excluding hydrogens is 206 g/mol. The van der Waals surface area contributed by atoms with Gasteiger partial charge in [0.25, 0.3) is 0 Å². The third-order valence-corrected chi connectivity index (χ3v) is 4.19. The van der Waals surface area contributed by atoms with E-state index in [0.717, 1.165) is 17.7 Å². The highest BCUT2D eigenvalue weighted by molar-refractivity contribution is 7.14. The lowest BCUT2D eigenvalue weighted by Crippen LogP contribution is -2.37. The van der Waals surface area contributed by atoms with Crippen molar-refractivity contribution in [3.8, 4) is 0 Å². The van der Waals surface area contributed by atoms with Crippen molar-refractivity contribution in [1.82, 2.24) is 0 Å². The molecule has 0 aromatic carbocycles. The Morgan fingerprint density at radius 2 is 2.00 bits per heavy atom. The van der Waals surface area contributed by atoms with Crippen molar-refractivity contribution in [3.05, 3.63) is 21.9 Å². The number of carbonyl (C=O) groups excluding carboxylic acids is 1. The summed E-state index contributed by atoms with van der Waals surface area (Å²) in [5.74, 6) is 0.216. The molecule has 3 heteroatoms. The topological polar surface area (TPSA) is 43.1 Å². The van der Waals surface area contributed by atoms with Crippen LogP contribution in [0.2, 0.25) is 0 Å². The average molecular weight is 225 g/mol. The minimum Gasteiger partial charge on any atom is -0.329 e. The molecule has 84 valence electrons. The van der Waals surface area contributed by atoms with Gasteiger partial charge in [0.05, 0.1) is 4.88 Å². The van der Waals surface area contributed by atoms with Gasteiger partial charge in [-0.2, -0.15) is 0 Å². The van der Waals surface area contributed by atoms with Crippen LogP contribution in [0.1, 0.15) is 41.2 Å². The number of aryl methyl sites for hydroxylation is 1. The standard InChI is InChI=1S/C12H19NOS/c1-4-12(5-2,8-13)11(14)10-7-6-9(3)15-10/h6-7H,4-5,8,13H2,1-3H3. The van der Waals surface area contributed by atoms with Crippen molar-refractivity contribution in [3.63, 3.8) is 0 Å². The second-order valence-electron chi connectivity index (χ2n) is 3.93. The molecule has 1 aromatic heterocycles. The lowest BCUT2D eigenvalue weighted by Gasteiger charge is -2.27. The molecule has 1 rings (SSSR count). The van der Waals surface area contributed by atoms with E-state index >= 15 is 0 Å². The van der Waals surface area contributed by atoms with Gasteiger partial charge in [-0.1, -0.05) is 13.8 Å². The normalized spacial score (nSPS) is 11.7. The Morgan fingerprint density at radius 1 is 1.40 bits per heavy atom. The third kappa shape index (κ3) is 2.29. The first kappa shape index (κ1) is 12.4. The molecule has 1 heterocycles. The number of carbonyl (C=O) groups is 1. The van der Waals surface area contributed by atoms with E-state index < -0.39 is 0 Å². The maximum absolute atomic E-state index is 12.3. The predicted octanol–water partition coefficient (Wildman–Crippen LogP) is 3.00. The van der Waals surface area contributed by atoms with Crippen LogP contribution >= 0.6 is 11.3 Å². The van der Waals surface area contributed by atoms with Gasteiger partial charge in [0.2, 0.25) is 0 Å². The van der Waals surface area contributed by atoms with E-state index in [1.165, 1.54) is 4.88 Å². The van der Waals surface area contributed by atoms with Crippen LogP contribution in [0.4, 0.5) is 0 Å². The van der Waals surface area contributed by atoms with Gasteiger partial charge in [-0.15, -0.1) is 11.3 Å². The van der Waals surface area contributed by atoms with Crippen LogP contribution in [0.15, 0.2) is 12.1 Å². The highest BCUT2D eigenvalue weighted by atomic mass is 32.1. The summed E-state index contributed by atoms with van der Waals surface area (Å²) in [6.45, 7) is 6.53. The first-order chi connectivity index (χ1) is 7.09. The van der Waals surface area contributed by atoms with Gasteiger partial charge in [-0.3, -0.25) is 4.79 Å². The molecule has 0 radical (unpaired) electrons. The van der Waals surface area contributed by atoms with E-state index in [1.807, 2.05) is 32.9 Å². The van der Waals surface area contributed by atoms with Gasteiger partial charge < -0.3 is 5.73 Å². The second kappa shape index (κ2) is 4.90. The molecular formula is C12H19NOS. The lowest BCUT2D eigenvalue weighted by molar-refractivity contribution is 0.0792. The predicted molar refractivity (Wildman–Crippen MR) is 65.5 cm³/mol. The zero-order valence-corrected chi connectivity index (χ0v) is 10.5. The van der Waals surface area contributed by atoms with E-state index in [2.05, 4.69) is 0 Å². The Balaban J connectivity index is 3.00. The fourth-order valence-corrected chi connectivity index (χ4v) is 2.70. The maximum atomic E-state index is 12.3. The molecule has 2 nitrogen and oxygen atoms in total. The minimum absolute atomic E-state index is 0.216. The summed E-state index contributed by atoms with van der Waals surface area (Å²) >= 11 is 1.56. The molecule has 0 aliphatic carbocycles. The van der Waals surface area contributed by atoms with Gasteiger partial charge in [-0.05, 0) is 31.9 Å². The highest BCUT2D eigenvalue weighted by Gasteiger charge is 2.34. The van der Waals surface area contributed by atoms with Crippen molar-refractivity contribution in [2.75, 3.05) is 6.54 Å². The largest absolute Gasteiger partial charge is 0.329 e. The zero-order valence-electron chi connectivity index (χ0n) is 9.67. The second-order valence-corrected chi connectivity index (χ2v) is 5.22. The van der Waals surface area contributed by atoms with Gasteiger partial charge in [-0.25, -0.2) is 0 Å². The van der Waals surface area contributed by atoms with Gasteiger partial charge in [0.1, 0.15) is 0 Å². The molecule has 0 saturated heterocycles. The number of Topliss-reactive ketones (excluding diaryl/α,β-unsaturated/α-hetero) is 1.